The molecule has 1 N–H and O–H groups in total. The zero-order chi connectivity index (χ0) is 17.4. The van der Waals surface area contributed by atoms with Crippen LogP contribution in [0.25, 0.3) is 22.6 Å². The smallest absolute Gasteiger partial charge is 0.337 e. The van der Waals surface area contributed by atoms with E-state index >= 15 is 0 Å². The van der Waals surface area contributed by atoms with E-state index in [-0.39, 0.29) is 5.69 Å². The van der Waals surface area contributed by atoms with Gasteiger partial charge < -0.3 is 4.98 Å². The van der Waals surface area contributed by atoms with Crippen LogP contribution in [0.2, 0.25) is 0 Å². The maximum atomic E-state index is 12.7. The van der Waals surface area contributed by atoms with E-state index in [9.17, 15) is 13.2 Å². The highest BCUT2D eigenvalue weighted by Crippen LogP contribution is 2.34. The second-order valence-corrected chi connectivity index (χ2v) is 7.17. The number of aromatic nitrogens is 3. The maximum Gasteiger partial charge on any atom is 0.443 e. The number of alkyl halides is 3. The Bertz CT molecular complexity index is 878. The Kier molecular flexibility index (Phi) is 4.24. The van der Waals surface area contributed by atoms with Crippen molar-refractivity contribution in [1.82, 2.24) is 19.9 Å². The van der Waals surface area contributed by atoms with Crippen LogP contribution in [-0.2, 0) is 12.7 Å². The number of aromatic amines is 1. The molecule has 1 aliphatic rings. The number of piperidine rings is 1. The quantitative estimate of drug-likeness (QED) is 0.731. The van der Waals surface area contributed by atoms with E-state index in [0.717, 1.165) is 30.7 Å². The van der Waals surface area contributed by atoms with Gasteiger partial charge >= 0.3 is 6.18 Å². The highest BCUT2D eigenvalue weighted by molar-refractivity contribution is 7.10. The monoisotopic (exact) mass is 366 g/mol. The van der Waals surface area contributed by atoms with Crippen LogP contribution in [0.15, 0.2) is 23.6 Å². The minimum Gasteiger partial charge on any atom is -0.337 e. The minimum atomic E-state index is -4.42. The Balaban J connectivity index is 1.58. The Hall–Kier alpha value is -1.93. The molecule has 2 aromatic heterocycles. The third-order valence-electron chi connectivity index (χ3n) is 4.39. The molecule has 0 unspecified atom stereocenters. The molecule has 4 rings (SSSR count). The predicted molar refractivity (Wildman–Crippen MR) is 91.3 cm³/mol. The lowest BCUT2D eigenvalue weighted by Gasteiger charge is -2.26. The van der Waals surface area contributed by atoms with Crippen LogP contribution in [0, 0.1) is 0 Å². The fourth-order valence-corrected chi connectivity index (χ4v) is 3.84. The first kappa shape index (κ1) is 16.5. The van der Waals surface area contributed by atoms with Gasteiger partial charge in [0.1, 0.15) is 5.69 Å². The van der Waals surface area contributed by atoms with Gasteiger partial charge in [0.2, 0.25) is 0 Å². The Morgan fingerprint density at radius 2 is 1.92 bits per heavy atom. The molecule has 0 spiro atoms. The third kappa shape index (κ3) is 3.55. The van der Waals surface area contributed by atoms with Gasteiger partial charge in [0, 0.05) is 11.9 Å². The minimum absolute atomic E-state index is 0.228. The van der Waals surface area contributed by atoms with Crippen molar-refractivity contribution in [3.8, 4) is 11.5 Å². The number of nitrogens with zero attached hydrogens (tertiary/aromatic N) is 3. The van der Waals surface area contributed by atoms with E-state index in [1.165, 1.54) is 30.2 Å². The number of thiazole rings is 1. The molecular weight excluding hydrogens is 349 g/mol. The summed E-state index contributed by atoms with van der Waals surface area (Å²) in [7, 11) is 0. The standard InChI is InChI=1S/C17H17F3N4S/c18-17(19,20)16-23-14(10-25-16)15-21-12-5-4-11(8-13(12)22-15)9-24-6-2-1-3-7-24/h4-5,8,10H,1-3,6-7,9H2,(H,21,22). The molecule has 0 saturated carbocycles. The van der Waals surface area contributed by atoms with E-state index < -0.39 is 11.2 Å². The molecule has 0 aliphatic carbocycles. The van der Waals surface area contributed by atoms with Gasteiger partial charge in [-0.3, -0.25) is 4.90 Å². The molecule has 0 radical (unpaired) electrons. The van der Waals surface area contributed by atoms with Crippen LogP contribution in [0.1, 0.15) is 29.8 Å². The molecule has 1 fully saturated rings. The van der Waals surface area contributed by atoms with Gasteiger partial charge in [0.15, 0.2) is 10.8 Å². The third-order valence-corrected chi connectivity index (χ3v) is 5.28. The summed E-state index contributed by atoms with van der Waals surface area (Å²) in [5, 5.41) is 0.531. The zero-order valence-electron chi connectivity index (χ0n) is 13.4. The van der Waals surface area contributed by atoms with Crippen molar-refractivity contribution in [3.63, 3.8) is 0 Å². The van der Waals surface area contributed by atoms with Crippen LogP contribution in [0.5, 0.6) is 0 Å². The fourth-order valence-electron chi connectivity index (χ4n) is 3.16. The summed E-state index contributed by atoms with van der Waals surface area (Å²) in [6.07, 6.45) is -0.646. The van der Waals surface area contributed by atoms with Crippen molar-refractivity contribution in [1.29, 1.82) is 0 Å². The first-order valence-corrected chi connectivity index (χ1v) is 9.11. The molecule has 1 saturated heterocycles. The number of likely N-dealkylation sites (tertiary alicyclic amines) is 1. The van der Waals surface area contributed by atoms with Crippen LogP contribution < -0.4 is 0 Å². The number of hydrogen-bond acceptors (Lipinski definition) is 4. The number of nitrogens with one attached hydrogen (secondary N) is 1. The van der Waals surface area contributed by atoms with E-state index in [2.05, 4.69) is 19.9 Å². The van der Waals surface area contributed by atoms with Crippen LogP contribution >= 0.6 is 11.3 Å². The van der Waals surface area contributed by atoms with E-state index in [1.807, 2.05) is 18.2 Å². The molecule has 0 amide bonds. The molecule has 1 aliphatic heterocycles. The molecule has 4 nitrogen and oxygen atoms in total. The van der Waals surface area contributed by atoms with Gasteiger partial charge in [-0.15, -0.1) is 11.3 Å². The molecule has 132 valence electrons. The number of benzene rings is 1. The van der Waals surface area contributed by atoms with Gasteiger partial charge in [-0.1, -0.05) is 12.5 Å². The molecule has 8 heteroatoms. The maximum absolute atomic E-state index is 12.7. The summed E-state index contributed by atoms with van der Waals surface area (Å²) in [6.45, 7) is 3.12. The highest BCUT2D eigenvalue weighted by Gasteiger charge is 2.34. The second-order valence-electron chi connectivity index (χ2n) is 6.31. The van der Waals surface area contributed by atoms with Crippen molar-refractivity contribution in [2.75, 3.05) is 13.1 Å². The number of halogens is 3. The number of fused-ring (bicyclic) bond motifs is 1. The Morgan fingerprint density at radius 3 is 2.64 bits per heavy atom. The van der Waals surface area contributed by atoms with Crippen molar-refractivity contribution in [3.05, 3.63) is 34.2 Å². The van der Waals surface area contributed by atoms with Crippen molar-refractivity contribution in [2.45, 2.75) is 32.0 Å². The molecule has 1 aromatic carbocycles. The first-order chi connectivity index (χ1) is 12.0. The lowest BCUT2D eigenvalue weighted by molar-refractivity contribution is -0.137. The van der Waals surface area contributed by atoms with Crippen molar-refractivity contribution >= 4 is 22.4 Å². The summed E-state index contributed by atoms with van der Waals surface area (Å²) in [4.78, 5) is 13.6. The Labute approximate surface area is 146 Å². The van der Waals surface area contributed by atoms with Crippen molar-refractivity contribution < 1.29 is 13.2 Å². The first-order valence-electron chi connectivity index (χ1n) is 8.23. The normalized spacial score (nSPS) is 16.6. The SMILES string of the molecule is FC(F)(F)c1nc(-c2nc3ccc(CN4CCCCC4)cc3[nH]2)cs1. The topological polar surface area (TPSA) is 44.8 Å². The lowest BCUT2D eigenvalue weighted by Crippen LogP contribution is -2.29. The van der Waals surface area contributed by atoms with Crippen molar-refractivity contribution in [2.24, 2.45) is 0 Å². The van der Waals surface area contributed by atoms with Gasteiger partial charge in [0.05, 0.1) is 11.0 Å². The Morgan fingerprint density at radius 1 is 1.12 bits per heavy atom. The highest BCUT2D eigenvalue weighted by atomic mass is 32.1. The van der Waals surface area contributed by atoms with E-state index in [4.69, 9.17) is 0 Å². The number of hydrogen-bond donors (Lipinski definition) is 1. The van der Waals surface area contributed by atoms with E-state index in [1.54, 1.807) is 0 Å². The molecule has 3 aromatic rings. The van der Waals surface area contributed by atoms with E-state index in [0.29, 0.717) is 17.2 Å². The zero-order valence-corrected chi connectivity index (χ0v) is 14.3. The van der Waals surface area contributed by atoms with Crippen LogP contribution in [0.3, 0.4) is 0 Å². The molecule has 0 bridgehead atoms. The summed E-state index contributed by atoms with van der Waals surface area (Å²) >= 11 is 0.585. The number of H-pyrrole nitrogens is 1. The molecule has 3 heterocycles. The molecular formula is C17H17F3N4S. The predicted octanol–water partition coefficient (Wildman–Crippen LogP) is 4.69. The average molecular weight is 366 g/mol. The summed E-state index contributed by atoms with van der Waals surface area (Å²) in [5.41, 5.74) is 2.97. The van der Waals surface area contributed by atoms with Gasteiger partial charge in [-0.25, -0.2) is 9.97 Å². The number of rotatable bonds is 3. The molecule has 25 heavy (non-hydrogen) atoms. The van der Waals surface area contributed by atoms with Crippen LogP contribution in [-0.4, -0.2) is 32.9 Å². The number of imidazole rings is 1. The summed E-state index contributed by atoms with van der Waals surface area (Å²) in [5.74, 6) is 0.372. The summed E-state index contributed by atoms with van der Waals surface area (Å²) < 4.78 is 38.1. The van der Waals surface area contributed by atoms with Gasteiger partial charge in [0.25, 0.3) is 0 Å². The van der Waals surface area contributed by atoms with Crippen LogP contribution in [0.4, 0.5) is 13.2 Å². The van der Waals surface area contributed by atoms with Gasteiger partial charge in [-0.2, -0.15) is 13.2 Å². The average Bonchev–Trinajstić information content (AvgIpc) is 3.22. The second kappa shape index (κ2) is 6.42. The largest absolute Gasteiger partial charge is 0.443 e. The van der Waals surface area contributed by atoms with Gasteiger partial charge in [-0.05, 0) is 43.6 Å². The fraction of sp³-hybridized carbons (Fsp3) is 0.412. The lowest BCUT2D eigenvalue weighted by atomic mass is 10.1. The summed E-state index contributed by atoms with van der Waals surface area (Å²) in [6, 6.07) is 5.97. The molecule has 0 atom stereocenters.